The molecule has 11 heteroatoms. The summed E-state index contributed by atoms with van der Waals surface area (Å²) in [5, 5.41) is 5.04. The molecule has 2 amide bonds. The molecule has 0 saturated carbocycles. The zero-order valence-corrected chi connectivity index (χ0v) is 18.6. The van der Waals surface area contributed by atoms with Gasteiger partial charge in [0.2, 0.25) is 21.7 Å². The van der Waals surface area contributed by atoms with Crippen molar-refractivity contribution >= 4 is 27.6 Å². The number of hydrogen-bond acceptors (Lipinski definition) is 7. The van der Waals surface area contributed by atoms with Crippen LogP contribution in [0, 0.1) is 5.92 Å². The molecule has 1 aliphatic heterocycles. The number of fused-ring (bicyclic) bond motifs is 2. The molecule has 0 spiro atoms. The van der Waals surface area contributed by atoms with Crippen molar-refractivity contribution in [2.75, 3.05) is 6.54 Å². The van der Waals surface area contributed by atoms with E-state index in [1.54, 1.807) is 38.2 Å². The molecular weight excluding hydrogens is 436 g/mol. The Bertz CT molecular complexity index is 1080. The predicted molar refractivity (Wildman–Crippen MR) is 114 cm³/mol. The molecule has 1 aliphatic rings. The first-order chi connectivity index (χ1) is 15.2. The molecule has 172 valence electrons. The van der Waals surface area contributed by atoms with Crippen LogP contribution in [0.2, 0.25) is 0 Å². The van der Waals surface area contributed by atoms with Crippen molar-refractivity contribution in [3.05, 3.63) is 48.2 Å². The van der Waals surface area contributed by atoms with Crippen LogP contribution in [0.4, 0.5) is 0 Å². The van der Waals surface area contributed by atoms with Crippen LogP contribution in [-0.2, 0) is 37.2 Å². The summed E-state index contributed by atoms with van der Waals surface area (Å²) >= 11 is 0. The molecule has 3 rings (SSSR count). The summed E-state index contributed by atoms with van der Waals surface area (Å²) in [6.07, 6.45) is 2.54. The highest BCUT2D eigenvalue weighted by molar-refractivity contribution is 7.89. The van der Waals surface area contributed by atoms with E-state index in [0.717, 1.165) is 0 Å². The van der Waals surface area contributed by atoms with Gasteiger partial charge in [0.05, 0.1) is 17.5 Å². The smallest absolute Gasteiger partial charge is 0.289 e. The van der Waals surface area contributed by atoms with Crippen LogP contribution >= 0.6 is 0 Å². The van der Waals surface area contributed by atoms with E-state index in [1.807, 2.05) is 0 Å². The van der Waals surface area contributed by atoms with E-state index in [4.69, 9.17) is 4.42 Å². The number of carbonyl (C=O) groups is 3. The molecule has 1 aromatic heterocycles. The maximum absolute atomic E-state index is 13.0. The topological polar surface area (TPSA) is 147 Å². The lowest BCUT2D eigenvalue weighted by Gasteiger charge is -2.24. The van der Waals surface area contributed by atoms with Crippen LogP contribution in [0.1, 0.15) is 31.9 Å². The monoisotopic (exact) mass is 462 g/mol. The highest BCUT2D eigenvalue weighted by Crippen LogP contribution is 2.14. The minimum Gasteiger partial charge on any atom is -0.446 e. The molecule has 32 heavy (non-hydrogen) atoms. The number of carbonyl (C=O) groups excluding carboxylic acids is 3. The van der Waals surface area contributed by atoms with E-state index < -0.39 is 45.6 Å². The third-order valence-corrected chi connectivity index (χ3v) is 6.46. The number of aromatic nitrogens is 1. The van der Waals surface area contributed by atoms with Gasteiger partial charge in [-0.2, -0.15) is 4.72 Å². The Kier molecular flexibility index (Phi) is 7.41. The second-order valence-corrected chi connectivity index (χ2v) is 9.58. The molecule has 3 N–H and O–H groups in total. The minimum atomic E-state index is -3.98. The van der Waals surface area contributed by atoms with Crippen molar-refractivity contribution in [1.29, 1.82) is 0 Å². The van der Waals surface area contributed by atoms with Crippen molar-refractivity contribution in [3.8, 4) is 0 Å². The first-order valence-corrected chi connectivity index (χ1v) is 11.8. The molecular formula is C21H26N4O6S. The Morgan fingerprint density at radius 1 is 1.22 bits per heavy atom. The molecule has 2 unspecified atom stereocenters. The van der Waals surface area contributed by atoms with Crippen molar-refractivity contribution in [2.24, 2.45) is 5.92 Å². The Hall–Kier alpha value is -3.05. The highest BCUT2D eigenvalue weighted by Gasteiger charge is 2.34. The van der Waals surface area contributed by atoms with Gasteiger partial charge in [-0.15, -0.1) is 0 Å². The standard InChI is InChI=1S/C21H26N4O6S/c1-13(2)18(25-32(29,30)15-8-4-3-5-9-15)20(27)24-16-11-17-23-12-14(31-17)7-6-10-22-21(28)19(16)26/h3-5,8-9,12-13,16,18,25H,6-7,10-11H2,1-2H3,(H,22,28)(H,24,27). The Labute approximate surface area is 186 Å². The lowest BCUT2D eigenvalue weighted by Crippen LogP contribution is -2.56. The second kappa shape index (κ2) is 10.0. The fourth-order valence-electron chi connectivity index (χ4n) is 3.24. The van der Waals surface area contributed by atoms with Crippen LogP contribution in [0.25, 0.3) is 0 Å². The van der Waals surface area contributed by atoms with E-state index in [9.17, 15) is 22.8 Å². The molecule has 0 radical (unpaired) electrons. The van der Waals surface area contributed by atoms with E-state index in [2.05, 4.69) is 20.3 Å². The van der Waals surface area contributed by atoms with Gasteiger partial charge in [0, 0.05) is 13.0 Å². The number of ketones is 1. The average molecular weight is 463 g/mol. The second-order valence-electron chi connectivity index (χ2n) is 7.87. The van der Waals surface area contributed by atoms with Crippen LogP contribution in [0.15, 0.2) is 45.8 Å². The molecule has 1 aromatic carbocycles. The lowest BCUT2D eigenvalue weighted by molar-refractivity contribution is -0.140. The normalized spacial score (nSPS) is 18.5. The summed E-state index contributed by atoms with van der Waals surface area (Å²) in [6.45, 7) is 3.61. The number of hydrogen-bond donors (Lipinski definition) is 3. The predicted octanol–water partition coefficient (Wildman–Crippen LogP) is 0.337. The summed E-state index contributed by atoms with van der Waals surface area (Å²) < 4.78 is 33.4. The van der Waals surface area contributed by atoms with Gasteiger partial charge < -0.3 is 15.1 Å². The van der Waals surface area contributed by atoms with Gasteiger partial charge in [-0.3, -0.25) is 14.4 Å². The number of sulfonamides is 1. The number of rotatable bonds is 6. The minimum absolute atomic E-state index is 0.0103. The van der Waals surface area contributed by atoms with Gasteiger partial charge in [-0.05, 0) is 24.5 Å². The number of oxazole rings is 1. The summed E-state index contributed by atoms with van der Waals surface area (Å²) in [5.41, 5.74) is 0. The van der Waals surface area contributed by atoms with Crippen LogP contribution in [0.5, 0.6) is 0 Å². The molecule has 0 saturated heterocycles. The van der Waals surface area contributed by atoms with Gasteiger partial charge in [-0.25, -0.2) is 13.4 Å². The molecule has 0 aliphatic carbocycles. The lowest BCUT2D eigenvalue weighted by atomic mass is 10.0. The van der Waals surface area contributed by atoms with Crippen molar-refractivity contribution in [2.45, 2.75) is 50.1 Å². The third kappa shape index (κ3) is 5.80. The largest absolute Gasteiger partial charge is 0.446 e. The van der Waals surface area contributed by atoms with Gasteiger partial charge in [-0.1, -0.05) is 32.0 Å². The fraction of sp³-hybridized carbons (Fsp3) is 0.429. The van der Waals surface area contributed by atoms with E-state index in [0.29, 0.717) is 18.6 Å². The third-order valence-electron chi connectivity index (χ3n) is 5.01. The molecule has 2 aromatic rings. The Morgan fingerprint density at radius 2 is 1.94 bits per heavy atom. The maximum Gasteiger partial charge on any atom is 0.289 e. The maximum atomic E-state index is 13.0. The average Bonchev–Trinajstić information content (AvgIpc) is 3.20. The zero-order chi connectivity index (χ0) is 23.3. The number of benzene rings is 1. The zero-order valence-electron chi connectivity index (χ0n) is 17.8. The van der Waals surface area contributed by atoms with E-state index in [-0.39, 0.29) is 23.8 Å². The molecule has 2 bridgehead atoms. The SMILES string of the molecule is CC(C)C(NS(=O)(=O)c1ccccc1)C(=O)NC1Cc2ncc(o2)CCCNC(=O)C1=O. The molecule has 0 fully saturated rings. The van der Waals surface area contributed by atoms with E-state index in [1.165, 1.54) is 12.1 Å². The summed E-state index contributed by atoms with van der Waals surface area (Å²) in [6, 6.07) is 5.22. The van der Waals surface area contributed by atoms with Crippen molar-refractivity contribution < 1.29 is 27.2 Å². The number of nitrogens with zero attached hydrogens (tertiary/aromatic N) is 1. The molecule has 2 atom stereocenters. The number of aryl methyl sites for hydroxylation is 1. The summed E-state index contributed by atoms with van der Waals surface area (Å²) in [4.78, 5) is 42.1. The number of nitrogens with one attached hydrogen (secondary N) is 3. The van der Waals surface area contributed by atoms with Crippen LogP contribution in [0.3, 0.4) is 0 Å². The Morgan fingerprint density at radius 3 is 2.62 bits per heavy atom. The molecule has 10 nitrogen and oxygen atoms in total. The van der Waals surface area contributed by atoms with Gasteiger partial charge in [0.1, 0.15) is 17.8 Å². The first kappa shape index (κ1) is 23.6. The summed E-state index contributed by atoms with van der Waals surface area (Å²) in [7, 11) is -3.98. The van der Waals surface area contributed by atoms with Gasteiger partial charge in [0.25, 0.3) is 5.91 Å². The number of amides is 2. The highest BCUT2D eigenvalue weighted by atomic mass is 32.2. The van der Waals surface area contributed by atoms with Crippen LogP contribution in [-0.4, -0.2) is 49.6 Å². The Balaban J connectivity index is 1.81. The van der Waals surface area contributed by atoms with Gasteiger partial charge in [0.15, 0.2) is 5.89 Å². The molecule has 2 heterocycles. The fourth-order valence-corrected chi connectivity index (χ4v) is 4.61. The first-order valence-electron chi connectivity index (χ1n) is 10.3. The van der Waals surface area contributed by atoms with E-state index >= 15 is 0 Å². The van der Waals surface area contributed by atoms with Crippen molar-refractivity contribution in [1.82, 2.24) is 20.3 Å². The van der Waals surface area contributed by atoms with Gasteiger partial charge >= 0.3 is 0 Å². The van der Waals surface area contributed by atoms with Crippen molar-refractivity contribution in [3.63, 3.8) is 0 Å². The summed E-state index contributed by atoms with van der Waals surface area (Å²) in [5.74, 6) is -2.02. The quantitative estimate of drug-likeness (QED) is 0.524. The number of Topliss-reactive ketones (excluding diaryl/α,β-unsaturated/α-hetero) is 1. The van der Waals surface area contributed by atoms with Crippen LogP contribution < -0.4 is 15.4 Å².